The lowest BCUT2D eigenvalue weighted by Crippen LogP contribution is -2.39. The molecular weight excluding hydrogens is 431 g/mol. The van der Waals surface area contributed by atoms with Crippen LogP contribution >= 0.6 is 0 Å². The first kappa shape index (κ1) is 19.8. The van der Waals surface area contributed by atoms with Gasteiger partial charge < -0.3 is 14.1 Å². The number of carbonyl (C=O) groups excluding carboxylic acids is 1. The molecule has 0 radical (unpaired) electrons. The van der Waals surface area contributed by atoms with Gasteiger partial charge in [-0.25, -0.2) is 19.7 Å². The maximum Gasteiger partial charge on any atom is 0.450 e. The van der Waals surface area contributed by atoms with Crippen LogP contribution in [-0.2, 0) is 9.68 Å². The van der Waals surface area contributed by atoms with Crippen LogP contribution in [0.1, 0.15) is 12.1 Å². The number of hydrogen-bond acceptors (Lipinski definition) is 9. The van der Waals surface area contributed by atoms with Crippen LogP contribution < -0.4 is 10.2 Å². The van der Waals surface area contributed by atoms with Crippen LogP contribution in [-0.4, -0.2) is 51.8 Å². The molecular formula is C22H19FN6O4. The third-order valence-corrected chi connectivity index (χ3v) is 6.13. The predicted octanol–water partition coefficient (Wildman–Crippen LogP) is 3.80. The number of nitrogens with one attached hydrogen (secondary N) is 1. The normalized spacial score (nSPS) is 19.9. The molecule has 2 bridgehead atoms. The van der Waals surface area contributed by atoms with E-state index in [0.717, 1.165) is 43.0 Å². The van der Waals surface area contributed by atoms with Gasteiger partial charge in [-0.1, -0.05) is 0 Å². The Morgan fingerprint density at radius 1 is 1.21 bits per heavy atom. The zero-order valence-electron chi connectivity index (χ0n) is 17.6. The minimum absolute atomic E-state index is 0.121. The van der Waals surface area contributed by atoms with Gasteiger partial charge in [-0.15, -0.1) is 0 Å². The molecule has 0 saturated carbocycles. The average Bonchev–Trinajstić information content (AvgIpc) is 3.40. The third-order valence-electron chi connectivity index (χ3n) is 6.13. The molecule has 2 saturated heterocycles. The SMILES string of the molecule is Cc1ncc(-c2nc3nc(N4C[C@H]5CO[C@H](C5)C4)ccc3o2)c2cc(NC(=O)OF)ncc12. The van der Waals surface area contributed by atoms with E-state index in [1.165, 1.54) is 0 Å². The molecule has 0 spiro atoms. The Labute approximate surface area is 186 Å². The summed E-state index contributed by atoms with van der Waals surface area (Å²) in [5, 5.41) is 3.64. The van der Waals surface area contributed by atoms with Crippen molar-refractivity contribution >= 4 is 39.7 Å². The Balaban J connectivity index is 1.39. The van der Waals surface area contributed by atoms with Gasteiger partial charge in [-0.2, -0.15) is 4.98 Å². The number of carbonyl (C=O) groups is 1. The number of nitrogens with zero attached hydrogens (tertiary/aromatic N) is 5. The molecule has 6 rings (SSSR count). The van der Waals surface area contributed by atoms with Gasteiger partial charge in [-0.05, 0) is 31.5 Å². The number of piperidine rings is 1. The number of aryl methyl sites for hydroxylation is 1. The molecule has 0 unspecified atom stereocenters. The molecule has 0 aromatic carbocycles. The van der Waals surface area contributed by atoms with Gasteiger partial charge in [-0.3, -0.25) is 10.3 Å². The van der Waals surface area contributed by atoms with Gasteiger partial charge in [0.2, 0.25) is 11.5 Å². The maximum atomic E-state index is 12.1. The molecule has 2 aliphatic heterocycles. The van der Waals surface area contributed by atoms with Crippen LogP contribution in [0.25, 0.3) is 33.5 Å². The second-order valence-corrected chi connectivity index (χ2v) is 8.33. The van der Waals surface area contributed by atoms with E-state index in [-0.39, 0.29) is 11.9 Å². The number of oxazole rings is 1. The first-order chi connectivity index (χ1) is 16.1. The van der Waals surface area contributed by atoms with E-state index < -0.39 is 6.09 Å². The summed E-state index contributed by atoms with van der Waals surface area (Å²) >= 11 is 0. The number of anilines is 2. The van der Waals surface area contributed by atoms with Crippen molar-refractivity contribution < 1.29 is 23.4 Å². The van der Waals surface area contributed by atoms with Crippen LogP contribution in [0.2, 0.25) is 0 Å². The van der Waals surface area contributed by atoms with E-state index in [9.17, 15) is 9.32 Å². The van der Waals surface area contributed by atoms with E-state index >= 15 is 0 Å². The average molecular weight is 450 g/mol. The largest absolute Gasteiger partial charge is 0.450 e. The molecule has 2 aliphatic rings. The topological polar surface area (TPSA) is 116 Å². The highest BCUT2D eigenvalue weighted by atomic mass is 19.3. The first-order valence-corrected chi connectivity index (χ1v) is 10.6. The molecule has 4 aromatic heterocycles. The van der Waals surface area contributed by atoms with Gasteiger partial charge in [0, 0.05) is 52.4 Å². The summed E-state index contributed by atoms with van der Waals surface area (Å²) in [6, 6.07) is 5.39. The first-order valence-electron chi connectivity index (χ1n) is 10.6. The van der Waals surface area contributed by atoms with Gasteiger partial charge in [0.1, 0.15) is 11.6 Å². The predicted molar refractivity (Wildman–Crippen MR) is 116 cm³/mol. The molecule has 33 heavy (non-hydrogen) atoms. The monoisotopic (exact) mass is 450 g/mol. The number of rotatable bonds is 3. The fourth-order valence-corrected chi connectivity index (χ4v) is 4.58. The van der Waals surface area contributed by atoms with Gasteiger partial charge in [0.05, 0.1) is 18.3 Å². The lowest BCUT2D eigenvalue weighted by Gasteiger charge is -2.31. The zero-order chi connectivity index (χ0) is 22.5. The fourth-order valence-electron chi connectivity index (χ4n) is 4.58. The summed E-state index contributed by atoms with van der Waals surface area (Å²) in [7, 11) is 0. The lowest BCUT2D eigenvalue weighted by atomic mass is 10.0. The second kappa shape index (κ2) is 7.62. The summed E-state index contributed by atoms with van der Waals surface area (Å²) in [4.78, 5) is 34.5. The minimum atomic E-state index is -1.26. The van der Waals surface area contributed by atoms with E-state index in [2.05, 4.69) is 30.1 Å². The summed E-state index contributed by atoms with van der Waals surface area (Å²) in [5.41, 5.74) is 2.37. The smallest absolute Gasteiger partial charge is 0.434 e. The summed E-state index contributed by atoms with van der Waals surface area (Å²) in [6.45, 7) is 4.37. The number of ether oxygens (including phenoxy) is 1. The highest BCUT2D eigenvalue weighted by Gasteiger charge is 2.34. The number of pyridine rings is 3. The van der Waals surface area contributed by atoms with Crippen LogP contribution in [0, 0.1) is 12.8 Å². The van der Waals surface area contributed by atoms with Crippen LogP contribution in [0.3, 0.4) is 0 Å². The molecule has 1 N–H and O–H groups in total. The van der Waals surface area contributed by atoms with E-state index in [4.69, 9.17) is 14.1 Å². The molecule has 6 heterocycles. The highest BCUT2D eigenvalue weighted by molar-refractivity contribution is 5.98. The Hall–Kier alpha value is -3.86. The second-order valence-electron chi connectivity index (χ2n) is 8.33. The molecule has 0 aliphatic carbocycles. The Morgan fingerprint density at radius 2 is 2.12 bits per heavy atom. The Kier molecular flexibility index (Phi) is 4.57. The summed E-state index contributed by atoms with van der Waals surface area (Å²) < 4.78 is 23.9. The van der Waals surface area contributed by atoms with Crippen molar-refractivity contribution in [3.05, 3.63) is 36.3 Å². The zero-order valence-corrected chi connectivity index (χ0v) is 17.6. The van der Waals surface area contributed by atoms with Crippen molar-refractivity contribution in [3.8, 4) is 11.5 Å². The fraction of sp³-hybridized carbons (Fsp3) is 0.318. The molecule has 1 amide bonds. The highest BCUT2D eigenvalue weighted by Crippen LogP contribution is 2.33. The molecule has 168 valence electrons. The molecule has 11 heteroatoms. The van der Waals surface area contributed by atoms with Gasteiger partial charge in [0.15, 0.2) is 5.58 Å². The summed E-state index contributed by atoms with van der Waals surface area (Å²) in [5.74, 6) is 1.83. The summed E-state index contributed by atoms with van der Waals surface area (Å²) in [6.07, 6.45) is 3.28. The standard InChI is InChI=1S/C22H19FN6O4/c1-11-15-6-25-18(26-22(30)33-23)5-14(15)16(7-24-11)21-28-20-17(32-21)2-3-19(27-20)29-8-12-4-13(9-29)31-10-12/h2-3,5-7,12-13H,4,8-10H2,1H3,(H,25,26,30)/t12-,13+/m0/s1. The third kappa shape index (κ3) is 3.50. The van der Waals surface area contributed by atoms with E-state index in [1.807, 2.05) is 19.1 Å². The number of amides is 1. The van der Waals surface area contributed by atoms with Crippen molar-refractivity contribution in [3.63, 3.8) is 0 Å². The maximum absolute atomic E-state index is 12.1. The molecule has 2 atom stereocenters. The van der Waals surface area contributed by atoms with Crippen LogP contribution in [0.4, 0.5) is 21.0 Å². The van der Waals surface area contributed by atoms with Crippen molar-refractivity contribution in [2.24, 2.45) is 5.92 Å². The van der Waals surface area contributed by atoms with Crippen LogP contribution in [0.5, 0.6) is 0 Å². The van der Waals surface area contributed by atoms with Gasteiger partial charge in [0.25, 0.3) is 0 Å². The van der Waals surface area contributed by atoms with Crippen molar-refractivity contribution in [1.29, 1.82) is 0 Å². The number of aromatic nitrogens is 4. The van der Waals surface area contributed by atoms with Crippen molar-refractivity contribution in [2.45, 2.75) is 19.4 Å². The number of fused-ring (bicyclic) bond motifs is 4. The lowest BCUT2D eigenvalue weighted by molar-refractivity contribution is -0.0544. The quantitative estimate of drug-likeness (QED) is 0.497. The van der Waals surface area contributed by atoms with Crippen molar-refractivity contribution in [2.75, 3.05) is 29.9 Å². The number of hydrogen-bond donors (Lipinski definition) is 1. The van der Waals surface area contributed by atoms with Gasteiger partial charge >= 0.3 is 6.09 Å². The molecule has 2 fully saturated rings. The minimum Gasteiger partial charge on any atom is -0.434 e. The van der Waals surface area contributed by atoms with Crippen molar-refractivity contribution in [1.82, 2.24) is 19.9 Å². The van der Waals surface area contributed by atoms with E-state index in [0.29, 0.717) is 34.0 Å². The number of halogens is 1. The van der Waals surface area contributed by atoms with E-state index in [1.54, 1.807) is 18.5 Å². The molecule has 10 nitrogen and oxygen atoms in total. The Morgan fingerprint density at radius 3 is 2.97 bits per heavy atom. The molecule has 4 aromatic rings. The van der Waals surface area contributed by atoms with Crippen LogP contribution in [0.15, 0.2) is 35.0 Å². The Bertz CT molecular complexity index is 1380.